The summed E-state index contributed by atoms with van der Waals surface area (Å²) in [7, 11) is 0. The van der Waals surface area contributed by atoms with Crippen LogP contribution in [0.2, 0.25) is 0 Å². The van der Waals surface area contributed by atoms with E-state index in [9.17, 15) is 13.6 Å². The zero-order chi connectivity index (χ0) is 13.1. The first-order chi connectivity index (χ1) is 8.61. The van der Waals surface area contributed by atoms with Crippen molar-refractivity contribution in [2.24, 2.45) is 0 Å². The number of hydrogen-bond donors (Lipinski definition) is 0. The van der Waals surface area contributed by atoms with Crippen LogP contribution in [-0.2, 0) is 11.2 Å². The fourth-order valence-corrected chi connectivity index (χ4v) is 2.10. The van der Waals surface area contributed by atoms with E-state index < -0.39 is 11.6 Å². The fraction of sp³-hybridized carbons (Fsp3) is 0.462. The maximum absolute atomic E-state index is 13.4. The van der Waals surface area contributed by atoms with Crippen molar-refractivity contribution in [2.75, 3.05) is 12.4 Å². The fourth-order valence-electron chi connectivity index (χ4n) is 1.92. The molecule has 0 heterocycles. The second kappa shape index (κ2) is 5.65. The van der Waals surface area contributed by atoms with Gasteiger partial charge in [0.25, 0.3) is 0 Å². The molecule has 0 atom stereocenters. The highest BCUT2D eigenvalue weighted by molar-refractivity contribution is 6.18. The predicted octanol–water partition coefficient (Wildman–Crippen LogP) is 2.74. The SMILES string of the molecule is O=C(Cc1ccc(F)cc1F)N(CCCl)C1CC1. The number of benzene rings is 1. The van der Waals surface area contributed by atoms with Crippen LogP contribution in [0.4, 0.5) is 8.78 Å². The highest BCUT2D eigenvalue weighted by Gasteiger charge is 2.32. The number of halogens is 3. The first kappa shape index (κ1) is 13.3. The largest absolute Gasteiger partial charge is 0.338 e. The minimum Gasteiger partial charge on any atom is -0.338 e. The Hall–Kier alpha value is -1.16. The summed E-state index contributed by atoms with van der Waals surface area (Å²) < 4.78 is 26.2. The van der Waals surface area contributed by atoms with Crippen molar-refractivity contribution in [1.82, 2.24) is 4.90 Å². The summed E-state index contributed by atoms with van der Waals surface area (Å²) in [5, 5.41) is 0. The van der Waals surface area contributed by atoms with Gasteiger partial charge in [-0.25, -0.2) is 8.78 Å². The molecule has 0 bridgehead atoms. The normalized spacial score (nSPS) is 14.6. The quantitative estimate of drug-likeness (QED) is 0.756. The molecule has 98 valence electrons. The molecule has 0 radical (unpaired) electrons. The van der Waals surface area contributed by atoms with Gasteiger partial charge in [0.2, 0.25) is 5.91 Å². The van der Waals surface area contributed by atoms with Gasteiger partial charge in [-0.2, -0.15) is 0 Å². The lowest BCUT2D eigenvalue weighted by atomic mass is 10.1. The van der Waals surface area contributed by atoms with Gasteiger partial charge in [0.05, 0.1) is 6.42 Å². The molecular formula is C13H14ClF2NO. The molecule has 0 spiro atoms. The van der Waals surface area contributed by atoms with Gasteiger partial charge in [0, 0.05) is 24.5 Å². The summed E-state index contributed by atoms with van der Waals surface area (Å²) in [6.45, 7) is 0.480. The Morgan fingerprint density at radius 1 is 1.39 bits per heavy atom. The molecule has 2 rings (SSSR count). The molecule has 0 N–H and O–H groups in total. The van der Waals surface area contributed by atoms with E-state index in [2.05, 4.69) is 0 Å². The third kappa shape index (κ3) is 3.19. The third-order valence-electron chi connectivity index (χ3n) is 2.99. The number of amides is 1. The molecule has 5 heteroatoms. The predicted molar refractivity (Wildman–Crippen MR) is 65.5 cm³/mol. The molecule has 0 saturated heterocycles. The van der Waals surface area contributed by atoms with Crippen molar-refractivity contribution in [3.63, 3.8) is 0 Å². The van der Waals surface area contributed by atoms with E-state index in [1.54, 1.807) is 4.90 Å². The van der Waals surface area contributed by atoms with Crippen LogP contribution < -0.4 is 0 Å². The van der Waals surface area contributed by atoms with Crippen molar-refractivity contribution in [2.45, 2.75) is 25.3 Å². The molecule has 0 unspecified atom stereocenters. The molecule has 1 aromatic carbocycles. The Morgan fingerprint density at radius 3 is 2.67 bits per heavy atom. The van der Waals surface area contributed by atoms with Gasteiger partial charge in [0.15, 0.2) is 0 Å². The molecule has 2 nitrogen and oxygen atoms in total. The topological polar surface area (TPSA) is 20.3 Å². The zero-order valence-electron chi connectivity index (χ0n) is 9.83. The molecule has 1 saturated carbocycles. The van der Waals surface area contributed by atoms with Crippen LogP contribution in [0, 0.1) is 11.6 Å². The Kier molecular flexibility index (Phi) is 4.17. The van der Waals surface area contributed by atoms with E-state index >= 15 is 0 Å². The monoisotopic (exact) mass is 273 g/mol. The Bertz CT molecular complexity index is 449. The third-order valence-corrected chi connectivity index (χ3v) is 3.16. The molecule has 1 aromatic rings. The highest BCUT2D eigenvalue weighted by Crippen LogP contribution is 2.27. The lowest BCUT2D eigenvalue weighted by Gasteiger charge is -2.21. The van der Waals surface area contributed by atoms with Crippen LogP contribution in [0.1, 0.15) is 18.4 Å². The van der Waals surface area contributed by atoms with Crippen molar-refractivity contribution < 1.29 is 13.6 Å². The Labute approximate surface area is 110 Å². The van der Waals surface area contributed by atoms with Gasteiger partial charge in [-0.3, -0.25) is 4.79 Å². The smallest absolute Gasteiger partial charge is 0.227 e. The average molecular weight is 274 g/mol. The molecule has 18 heavy (non-hydrogen) atoms. The van der Waals surface area contributed by atoms with Gasteiger partial charge in [-0.05, 0) is 24.5 Å². The van der Waals surface area contributed by atoms with Gasteiger partial charge in [-0.1, -0.05) is 6.07 Å². The highest BCUT2D eigenvalue weighted by atomic mass is 35.5. The Balaban J connectivity index is 2.05. The lowest BCUT2D eigenvalue weighted by molar-refractivity contribution is -0.130. The second-order valence-electron chi connectivity index (χ2n) is 4.42. The molecule has 0 aliphatic heterocycles. The summed E-state index contributed by atoms with van der Waals surface area (Å²) in [5.41, 5.74) is 0.224. The van der Waals surface area contributed by atoms with E-state index in [-0.39, 0.29) is 23.9 Å². The molecule has 1 fully saturated rings. The molecule has 1 aliphatic carbocycles. The van der Waals surface area contributed by atoms with Crippen LogP contribution in [0.5, 0.6) is 0 Å². The summed E-state index contributed by atoms with van der Waals surface area (Å²) in [4.78, 5) is 13.7. The molecule has 1 amide bonds. The summed E-state index contributed by atoms with van der Waals surface area (Å²) in [6, 6.07) is 3.52. The lowest BCUT2D eigenvalue weighted by Crippen LogP contribution is -2.36. The number of nitrogens with zero attached hydrogens (tertiary/aromatic N) is 1. The van der Waals surface area contributed by atoms with E-state index in [4.69, 9.17) is 11.6 Å². The van der Waals surface area contributed by atoms with Crippen molar-refractivity contribution in [3.8, 4) is 0 Å². The number of carbonyl (C=O) groups is 1. The van der Waals surface area contributed by atoms with Gasteiger partial charge >= 0.3 is 0 Å². The van der Waals surface area contributed by atoms with E-state index in [0.717, 1.165) is 25.0 Å². The van der Waals surface area contributed by atoms with Crippen molar-refractivity contribution >= 4 is 17.5 Å². The number of hydrogen-bond acceptors (Lipinski definition) is 1. The van der Waals surface area contributed by atoms with E-state index in [0.29, 0.717) is 12.4 Å². The van der Waals surface area contributed by atoms with Crippen LogP contribution in [0.25, 0.3) is 0 Å². The first-order valence-electron chi connectivity index (χ1n) is 5.91. The van der Waals surface area contributed by atoms with Crippen LogP contribution in [-0.4, -0.2) is 29.3 Å². The maximum Gasteiger partial charge on any atom is 0.227 e. The number of alkyl halides is 1. The van der Waals surface area contributed by atoms with E-state index in [1.807, 2.05) is 0 Å². The first-order valence-corrected chi connectivity index (χ1v) is 6.44. The van der Waals surface area contributed by atoms with Crippen molar-refractivity contribution in [1.29, 1.82) is 0 Å². The van der Waals surface area contributed by atoms with E-state index in [1.165, 1.54) is 6.07 Å². The summed E-state index contributed by atoms with van der Waals surface area (Å²) in [5.74, 6) is -1.09. The van der Waals surface area contributed by atoms with Gasteiger partial charge in [-0.15, -0.1) is 11.6 Å². The molecular weight excluding hydrogens is 260 g/mol. The Morgan fingerprint density at radius 2 is 2.11 bits per heavy atom. The zero-order valence-corrected chi connectivity index (χ0v) is 10.6. The average Bonchev–Trinajstić information content (AvgIpc) is 3.13. The van der Waals surface area contributed by atoms with Crippen LogP contribution in [0.15, 0.2) is 18.2 Å². The van der Waals surface area contributed by atoms with Gasteiger partial charge < -0.3 is 4.90 Å². The second-order valence-corrected chi connectivity index (χ2v) is 4.80. The molecule has 0 aromatic heterocycles. The van der Waals surface area contributed by atoms with Gasteiger partial charge in [0.1, 0.15) is 11.6 Å². The summed E-state index contributed by atoms with van der Waals surface area (Å²) >= 11 is 5.65. The standard InChI is InChI=1S/C13H14ClF2NO/c14-5-6-17(11-3-4-11)13(18)7-9-1-2-10(15)8-12(9)16/h1-2,8,11H,3-7H2. The minimum atomic E-state index is -0.676. The van der Waals surface area contributed by atoms with Crippen LogP contribution in [0.3, 0.4) is 0 Å². The molecule has 1 aliphatic rings. The summed E-state index contributed by atoms with van der Waals surface area (Å²) in [6.07, 6.45) is 1.92. The van der Waals surface area contributed by atoms with Crippen molar-refractivity contribution in [3.05, 3.63) is 35.4 Å². The maximum atomic E-state index is 13.4. The number of carbonyl (C=O) groups excluding carboxylic acids is 1. The van der Waals surface area contributed by atoms with Crippen LogP contribution >= 0.6 is 11.6 Å². The minimum absolute atomic E-state index is 0.0422. The number of rotatable bonds is 5.